The Labute approximate surface area is 168 Å². The van der Waals surface area contributed by atoms with Gasteiger partial charge in [-0.2, -0.15) is 0 Å². The highest BCUT2D eigenvalue weighted by molar-refractivity contribution is 5.85. The lowest BCUT2D eigenvalue weighted by atomic mass is 9.91. The van der Waals surface area contributed by atoms with Crippen LogP contribution < -0.4 is 11.1 Å². The summed E-state index contributed by atoms with van der Waals surface area (Å²) >= 11 is 0. The van der Waals surface area contributed by atoms with Crippen LogP contribution >= 0.6 is 24.8 Å². The molecule has 148 valence electrons. The molecular weight excluding hydrogens is 373 g/mol. The van der Waals surface area contributed by atoms with Crippen LogP contribution in [0.15, 0.2) is 30.3 Å². The van der Waals surface area contributed by atoms with Gasteiger partial charge in [0, 0.05) is 32.3 Å². The van der Waals surface area contributed by atoms with E-state index in [0.29, 0.717) is 0 Å². The molecule has 0 aromatic heterocycles. The minimum absolute atomic E-state index is 0. The molecule has 1 aromatic carbocycles. The summed E-state index contributed by atoms with van der Waals surface area (Å²) < 4.78 is 5.36. The molecule has 26 heavy (non-hydrogen) atoms. The SMILES string of the molecule is Cl.Cl.NC(C(=O)NC1CCCN(Cc2ccccc2)C1)C1CCOCC1. The van der Waals surface area contributed by atoms with Gasteiger partial charge in [-0.3, -0.25) is 9.69 Å². The largest absolute Gasteiger partial charge is 0.381 e. The van der Waals surface area contributed by atoms with E-state index in [4.69, 9.17) is 10.5 Å². The number of halogens is 2. The highest BCUT2D eigenvalue weighted by Gasteiger charge is 2.29. The standard InChI is InChI=1S/C19H29N3O2.2ClH/c20-18(16-8-11-24-12-9-16)19(23)21-17-7-4-10-22(14-17)13-15-5-2-1-3-6-15;;/h1-3,5-6,16-18H,4,7-14,20H2,(H,21,23);2*1H. The maximum Gasteiger partial charge on any atom is 0.237 e. The summed E-state index contributed by atoms with van der Waals surface area (Å²) in [6, 6.07) is 10.3. The van der Waals surface area contributed by atoms with Gasteiger partial charge >= 0.3 is 0 Å². The second-order valence-corrected chi connectivity index (χ2v) is 7.04. The van der Waals surface area contributed by atoms with Crippen LogP contribution in [0.25, 0.3) is 0 Å². The van der Waals surface area contributed by atoms with Crippen molar-refractivity contribution in [3.63, 3.8) is 0 Å². The Bertz CT molecular complexity index is 527. The first-order valence-corrected chi connectivity index (χ1v) is 9.12. The van der Waals surface area contributed by atoms with Crippen molar-refractivity contribution in [3.05, 3.63) is 35.9 Å². The number of amides is 1. The molecule has 0 bridgehead atoms. The third kappa shape index (κ3) is 6.71. The van der Waals surface area contributed by atoms with E-state index in [9.17, 15) is 4.79 Å². The van der Waals surface area contributed by atoms with Gasteiger partial charge in [0.15, 0.2) is 0 Å². The van der Waals surface area contributed by atoms with Crippen molar-refractivity contribution in [1.82, 2.24) is 10.2 Å². The smallest absolute Gasteiger partial charge is 0.237 e. The van der Waals surface area contributed by atoms with Gasteiger partial charge in [0.05, 0.1) is 6.04 Å². The molecular formula is C19H31Cl2N3O2. The van der Waals surface area contributed by atoms with Crippen molar-refractivity contribution in [2.24, 2.45) is 11.7 Å². The van der Waals surface area contributed by atoms with Crippen molar-refractivity contribution in [1.29, 1.82) is 0 Å². The number of benzene rings is 1. The van der Waals surface area contributed by atoms with Crippen LogP contribution in [0.2, 0.25) is 0 Å². The normalized spacial score (nSPS) is 22.6. The fourth-order valence-electron chi connectivity index (χ4n) is 3.74. The number of hydrogen-bond acceptors (Lipinski definition) is 4. The number of ether oxygens (including phenoxy) is 1. The number of carbonyl (C=O) groups excluding carboxylic acids is 1. The van der Waals surface area contributed by atoms with Gasteiger partial charge in [-0.15, -0.1) is 24.8 Å². The lowest BCUT2D eigenvalue weighted by Crippen LogP contribution is -2.54. The Hall–Kier alpha value is -0.850. The third-order valence-electron chi connectivity index (χ3n) is 5.18. The first-order chi connectivity index (χ1) is 11.7. The van der Waals surface area contributed by atoms with E-state index in [-0.39, 0.29) is 42.7 Å². The number of carbonyl (C=O) groups is 1. The first kappa shape index (κ1) is 23.2. The zero-order valence-electron chi connectivity index (χ0n) is 15.1. The van der Waals surface area contributed by atoms with Gasteiger partial charge in [-0.1, -0.05) is 30.3 Å². The van der Waals surface area contributed by atoms with Crippen LogP contribution in [0, 0.1) is 5.92 Å². The number of nitrogens with two attached hydrogens (primary N) is 1. The zero-order chi connectivity index (χ0) is 16.8. The average molecular weight is 404 g/mol. The van der Waals surface area contributed by atoms with Gasteiger partial charge in [0.25, 0.3) is 0 Å². The third-order valence-corrected chi connectivity index (χ3v) is 5.18. The topological polar surface area (TPSA) is 67.6 Å². The number of nitrogens with one attached hydrogen (secondary N) is 1. The highest BCUT2D eigenvalue weighted by Crippen LogP contribution is 2.19. The fourth-order valence-corrected chi connectivity index (χ4v) is 3.74. The quantitative estimate of drug-likeness (QED) is 0.791. The molecule has 0 aliphatic carbocycles. The van der Waals surface area contributed by atoms with E-state index < -0.39 is 6.04 Å². The van der Waals surface area contributed by atoms with Crippen molar-refractivity contribution >= 4 is 30.7 Å². The molecule has 5 nitrogen and oxygen atoms in total. The fraction of sp³-hybridized carbons (Fsp3) is 0.632. The van der Waals surface area contributed by atoms with Crippen molar-refractivity contribution in [2.75, 3.05) is 26.3 Å². The summed E-state index contributed by atoms with van der Waals surface area (Å²) in [5.74, 6) is 0.260. The zero-order valence-corrected chi connectivity index (χ0v) is 16.8. The molecule has 1 aromatic rings. The van der Waals surface area contributed by atoms with E-state index in [0.717, 1.165) is 58.5 Å². The number of hydrogen-bond donors (Lipinski definition) is 2. The summed E-state index contributed by atoms with van der Waals surface area (Å²) in [5.41, 5.74) is 7.51. The van der Waals surface area contributed by atoms with Crippen molar-refractivity contribution < 1.29 is 9.53 Å². The molecule has 2 saturated heterocycles. The predicted molar refractivity (Wildman–Crippen MR) is 109 cm³/mol. The van der Waals surface area contributed by atoms with Gasteiger partial charge in [-0.25, -0.2) is 0 Å². The van der Waals surface area contributed by atoms with E-state index >= 15 is 0 Å². The summed E-state index contributed by atoms with van der Waals surface area (Å²) in [6.07, 6.45) is 3.93. The average Bonchev–Trinajstić information content (AvgIpc) is 2.63. The van der Waals surface area contributed by atoms with E-state index in [1.165, 1.54) is 5.56 Å². The van der Waals surface area contributed by atoms with E-state index in [1.807, 2.05) is 6.07 Å². The summed E-state index contributed by atoms with van der Waals surface area (Å²) in [4.78, 5) is 14.9. The summed E-state index contributed by atoms with van der Waals surface area (Å²) in [5, 5.41) is 3.19. The number of piperidine rings is 1. The van der Waals surface area contributed by atoms with Crippen LogP contribution in [0.3, 0.4) is 0 Å². The van der Waals surface area contributed by atoms with Gasteiger partial charge in [-0.05, 0) is 43.7 Å². The minimum atomic E-state index is -0.404. The van der Waals surface area contributed by atoms with Gasteiger partial charge < -0.3 is 15.8 Å². The van der Waals surface area contributed by atoms with Crippen LogP contribution in [-0.4, -0.2) is 49.2 Å². The summed E-state index contributed by atoms with van der Waals surface area (Å²) in [7, 11) is 0. The molecule has 1 amide bonds. The van der Waals surface area contributed by atoms with Gasteiger partial charge in [0.2, 0.25) is 5.91 Å². The number of rotatable bonds is 5. The molecule has 3 N–H and O–H groups in total. The van der Waals surface area contributed by atoms with E-state index in [2.05, 4.69) is 34.5 Å². The van der Waals surface area contributed by atoms with Crippen molar-refractivity contribution in [2.45, 2.75) is 44.3 Å². The Morgan fingerprint density at radius 1 is 1.19 bits per heavy atom. The molecule has 2 heterocycles. The maximum absolute atomic E-state index is 12.5. The molecule has 0 radical (unpaired) electrons. The van der Waals surface area contributed by atoms with Gasteiger partial charge in [0.1, 0.15) is 0 Å². The van der Waals surface area contributed by atoms with Crippen LogP contribution in [-0.2, 0) is 16.1 Å². The van der Waals surface area contributed by atoms with Crippen molar-refractivity contribution in [3.8, 4) is 0 Å². The Morgan fingerprint density at radius 3 is 2.58 bits per heavy atom. The molecule has 2 unspecified atom stereocenters. The Balaban J connectivity index is 0.00000169. The minimum Gasteiger partial charge on any atom is -0.381 e. The molecule has 2 aliphatic heterocycles. The Morgan fingerprint density at radius 2 is 1.88 bits per heavy atom. The molecule has 0 saturated carbocycles. The second kappa shape index (κ2) is 11.8. The summed E-state index contributed by atoms with van der Waals surface area (Å²) in [6.45, 7) is 4.38. The maximum atomic E-state index is 12.5. The highest BCUT2D eigenvalue weighted by atomic mass is 35.5. The monoisotopic (exact) mass is 403 g/mol. The second-order valence-electron chi connectivity index (χ2n) is 7.04. The van der Waals surface area contributed by atoms with Crippen LogP contribution in [0.1, 0.15) is 31.2 Å². The molecule has 2 atom stereocenters. The molecule has 2 aliphatic rings. The molecule has 3 rings (SSSR count). The molecule has 7 heteroatoms. The number of nitrogens with zero attached hydrogens (tertiary/aromatic N) is 1. The first-order valence-electron chi connectivity index (χ1n) is 9.12. The molecule has 0 spiro atoms. The predicted octanol–water partition coefficient (Wildman–Crippen LogP) is 2.36. The van der Waals surface area contributed by atoms with Crippen LogP contribution in [0.5, 0.6) is 0 Å². The number of likely N-dealkylation sites (tertiary alicyclic amines) is 1. The van der Waals surface area contributed by atoms with E-state index in [1.54, 1.807) is 0 Å². The lowest BCUT2D eigenvalue weighted by molar-refractivity contribution is -0.125. The molecule has 2 fully saturated rings. The Kier molecular flexibility index (Phi) is 10.5. The van der Waals surface area contributed by atoms with Crippen LogP contribution in [0.4, 0.5) is 0 Å². The lowest BCUT2D eigenvalue weighted by Gasteiger charge is -2.34.